The van der Waals surface area contributed by atoms with Gasteiger partial charge in [0.1, 0.15) is 0 Å². The number of carbonyl (C=O) groups excluding carboxylic acids is 1. The van der Waals surface area contributed by atoms with Crippen LogP contribution in [0.15, 0.2) is 55.1 Å². The van der Waals surface area contributed by atoms with Crippen molar-refractivity contribution in [1.29, 1.82) is 0 Å². The van der Waals surface area contributed by atoms with Crippen molar-refractivity contribution < 1.29 is 4.79 Å². The van der Waals surface area contributed by atoms with Gasteiger partial charge < -0.3 is 4.57 Å². The summed E-state index contributed by atoms with van der Waals surface area (Å²) in [6.07, 6.45) is 6.34. The van der Waals surface area contributed by atoms with Gasteiger partial charge in [-0.2, -0.15) is 0 Å². The average Bonchev–Trinajstić information content (AvgIpc) is 3.33. The Kier molecular flexibility index (Phi) is 6.90. The van der Waals surface area contributed by atoms with E-state index in [0.29, 0.717) is 12.1 Å². The molecule has 4 rings (SSSR count). The Labute approximate surface area is 186 Å². The van der Waals surface area contributed by atoms with Gasteiger partial charge in [0.2, 0.25) is 0 Å². The lowest BCUT2D eigenvalue weighted by Crippen LogP contribution is -2.32. The average molecular weight is 441 g/mol. The molecule has 0 atom stereocenters. The summed E-state index contributed by atoms with van der Waals surface area (Å²) in [6, 6.07) is 12.2. The van der Waals surface area contributed by atoms with E-state index in [1.54, 1.807) is 23.9 Å². The first-order valence-electron chi connectivity index (χ1n) is 9.73. The number of aromatic nitrogens is 3. The SMILES string of the molecule is Cc1cc(C)cc(C(=O)N(CCCn2ccnc2)c2nc3ccc(C)cc3s2)c1.Cl. The summed E-state index contributed by atoms with van der Waals surface area (Å²) in [7, 11) is 0. The topological polar surface area (TPSA) is 51.0 Å². The molecule has 7 heteroatoms. The van der Waals surface area contributed by atoms with E-state index < -0.39 is 0 Å². The molecule has 0 radical (unpaired) electrons. The number of anilines is 1. The van der Waals surface area contributed by atoms with Gasteiger partial charge in [0, 0.05) is 31.0 Å². The van der Waals surface area contributed by atoms with E-state index in [-0.39, 0.29) is 18.3 Å². The number of fused-ring (bicyclic) bond motifs is 1. The lowest BCUT2D eigenvalue weighted by molar-refractivity contribution is 0.0986. The van der Waals surface area contributed by atoms with Crippen LogP contribution in [-0.4, -0.2) is 27.0 Å². The summed E-state index contributed by atoms with van der Waals surface area (Å²) in [5.74, 6) is -0.00166. The molecule has 5 nitrogen and oxygen atoms in total. The molecule has 2 aromatic carbocycles. The van der Waals surface area contributed by atoms with Crippen molar-refractivity contribution in [3.8, 4) is 0 Å². The van der Waals surface area contributed by atoms with Gasteiger partial charge in [0.05, 0.1) is 16.5 Å². The quantitative estimate of drug-likeness (QED) is 0.393. The number of hydrogen-bond donors (Lipinski definition) is 0. The Morgan fingerprint density at radius 3 is 2.53 bits per heavy atom. The third kappa shape index (κ3) is 4.89. The fraction of sp³-hybridized carbons (Fsp3) is 0.261. The van der Waals surface area contributed by atoms with Gasteiger partial charge in [0.15, 0.2) is 5.13 Å². The minimum absolute atomic E-state index is 0. The molecule has 0 N–H and O–H groups in total. The van der Waals surface area contributed by atoms with Crippen molar-refractivity contribution in [3.05, 3.63) is 77.4 Å². The van der Waals surface area contributed by atoms with Gasteiger partial charge in [-0.05, 0) is 57.0 Å². The van der Waals surface area contributed by atoms with E-state index in [0.717, 1.165) is 39.4 Å². The number of imidazole rings is 1. The predicted octanol–water partition coefficient (Wildman–Crippen LogP) is 5.58. The Morgan fingerprint density at radius 1 is 1.07 bits per heavy atom. The number of halogens is 1. The molecule has 0 bridgehead atoms. The number of rotatable bonds is 6. The van der Waals surface area contributed by atoms with E-state index in [9.17, 15) is 4.79 Å². The highest BCUT2D eigenvalue weighted by Gasteiger charge is 2.21. The van der Waals surface area contributed by atoms with Crippen LogP contribution < -0.4 is 4.90 Å². The molecule has 1 amide bonds. The van der Waals surface area contributed by atoms with Crippen LogP contribution in [0.2, 0.25) is 0 Å². The Bertz CT molecular complexity index is 1130. The normalized spacial score (nSPS) is 10.8. The minimum atomic E-state index is -0.00166. The van der Waals surface area contributed by atoms with Crippen molar-refractivity contribution in [1.82, 2.24) is 14.5 Å². The number of nitrogens with zero attached hydrogens (tertiary/aromatic N) is 4. The zero-order chi connectivity index (χ0) is 20.4. The second-order valence-electron chi connectivity index (χ2n) is 7.45. The second-order valence-corrected chi connectivity index (χ2v) is 8.46. The third-order valence-electron chi connectivity index (χ3n) is 4.83. The number of carbonyl (C=O) groups is 1. The third-order valence-corrected chi connectivity index (χ3v) is 5.88. The highest BCUT2D eigenvalue weighted by Crippen LogP contribution is 2.31. The van der Waals surface area contributed by atoms with Crippen molar-refractivity contribution >= 4 is 45.0 Å². The molecule has 2 aromatic heterocycles. The zero-order valence-corrected chi connectivity index (χ0v) is 19.0. The van der Waals surface area contributed by atoms with Crippen LogP contribution in [0.4, 0.5) is 5.13 Å². The van der Waals surface area contributed by atoms with Crippen molar-refractivity contribution in [2.45, 2.75) is 33.7 Å². The fourth-order valence-corrected chi connectivity index (χ4v) is 4.59. The molecule has 0 unspecified atom stereocenters. The van der Waals surface area contributed by atoms with Gasteiger partial charge >= 0.3 is 0 Å². The Morgan fingerprint density at radius 2 is 1.83 bits per heavy atom. The fourth-order valence-electron chi connectivity index (χ4n) is 3.50. The summed E-state index contributed by atoms with van der Waals surface area (Å²) in [5, 5.41) is 0.750. The van der Waals surface area contributed by atoms with Crippen molar-refractivity contribution in [3.63, 3.8) is 0 Å². The molecular weight excluding hydrogens is 416 g/mol. The molecule has 156 valence electrons. The first-order valence-corrected chi connectivity index (χ1v) is 10.5. The van der Waals surface area contributed by atoms with E-state index in [1.807, 2.05) is 47.7 Å². The minimum Gasteiger partial charge on any atom is -0.337 e. The van der Waals surface area contributed by atoms with Crippen LogP contribution in [0, 0.1) is 20.8 Å². The lowest BCUT2D eigenvalue weighted by Gasteiger charge is -2.20. The molecule has 0 aliphatic heterocycles. The van der Waals surface area contributed by atoms with E-state index >= 15 is 0 Å². The zero-order valence-electron chi connectivity index (χ0n) is 17.3. The summed E-state index contributed by atoms with van der Waals surface area (Å²) >= 11 is 1.57. The molecule has 0 fully saturated rings. The van der Waals surface area contributed by atoms with Gasteiger partial charge in [-0.15, -0.1) is 12.4 Å². The number of thiazole rings is 1. The first-order chi connectivity index (χ1) is 14.0. The molecule has 2 heterocycles. The van der Waals surface area contributed by atoms with E-state index in [2.05, 4.69) is 30.1 Å². The molecule has 0 saturated heterocycles. The number of hydrogen-bond acceptors (Lipinski definition) is 4. The molecule has 4 aromatic rings. The second kappa shape index (κ2) is 9.41. The molecule has 0 spiro atoms. The highest BCUT2D eigenvalue weighted by molar-refractivity contribution is 7.22. The van der Waals surface area contributed by atoms with Crippen LogP contribution in [0.1, 0.15) is 33.5 Å². The van der Waals surface area contributed by atoms with Crippen LogP contribution >= 0.6 is 23.7 Å². The summed E-state index contributed by atoms with van der Waals surface area (Å²) in [5.41, 5.74) is 5.02. The van der Waals surface area contributed by atoms with Crippen molar-refractivity contribution in [2.24, 2.45) is 0 Å². The van der Waals surface area contributed by atoms with Crippen LogP contribution in [-0.2, 0) is 6.54 Å². The maximum absolute atomic E-state index is 13.5. The number of benzene rings is 2. The maximum Gasteiger partial charge on any atom is 0.260 e. The smallest absolute Gasteiger partial charge is 0.260 e. The first kappa shape index (κ1) is 22.0. The van der Waals surface area contributed by atoms with E-state index in [4.69, 9.17) is 4.98 Å². The lowest BCUT2D eigenvalue weighted by atomic mass is 10.1. The van der Waals surface area contributed by atoms with Gasteiger partial charge in [-0.1, -0.05) is 34.6 Å². The predicted molar refractivity (Wildman–Crippen MR) is 126 cm³/mol. The molecule has 0 aliphatic carbocycles. The van der Waals surface area contributed by atoms with Gasteiger partial charge in [0.25, 0.3) is 5.91 Å². The number of aryl methyl sites for hydroxylation is 4. The summed E-state index contributed by atoms with van der Waals surface area (Å²) in [6.45, 7) is 7.52. The van der Waals surface area contributed by atoms with Crippen LogP contribution in [0.25, 0.3) is 10.2 Å². The summed E-state index contributed by atoms with van der Waals surface area (Å²) in [4.78, 5) is 24.1. The monoisotopic (exact) mass is 440 g/mol. The molecule has 0 saturated carbocycles. The standard InChI is InChI=1S/C23H24N4OS.ClH/c1-16-5-6-20-21(14-16)29-23(25-20)27(9-4-8-26-10-7-24-15-26)22(28)19-12-17(2)11-18(3)13-19;/h5-7,10-15H,4,8-9H2,1-3H3;1H. The molecule has 30 heavy (non-hydrogen) atoms. The van der Waals surface area contributed by atoms with Crippen LogP contribution in [0.3, 0.4) is 0 Å². The number of amides is 1. The van der Waals surface area contributed by atoms with Crippen LogP contribution in [0.5, 0.6) is 0 Å². The molecular formula is C23H25ClN4OS. The van der Waals surface area contributed by atoms with Crippen molar-refractivity contribution in [2.75, 3.05) is 11.4 Å². The largest absolute Gasteiger partial charge is 0.337 e. The Hall–Kier alpha value is -2.70. The van der Waals surface area contributed by atoms with E-state index in [1.165, 1.54) is 5.56 Å². The van der Waals surface area contributed by atoms with Gasteiger partial charge in [-0.3, -0.25) is 9.69 Å². The maximum atomic E-state index is 13.5. The molecule has 0 aliphatic rings. The highest BCUT2D eigenvalue weighted by atomic mass is 35.5. The Balaban J connectivity index is 0.00000256. The van der Waals surface area contributed by atoms with Gasteiger partial charge in [-0.25, -0.2) is 9.97 Å². The summed E-state index contributed by atoms with van der Waals surface area (Å²) < 4.78 is 3.13.